The van der Waals surface area contributed by atoms with Gasteiger partial charge in [-0.25, -0.2) is 0 Å². The molecule has 2 rings (SSSR count). The quantitative estimate of drug-likeness (QED) is 0.920. The lowest BCUT2D eigenvalue weighted by Gasteiger charge is -2.24. The number of ether oxygens (including phenoxy) is 1. The molecule has 0 aromatic carbocycles. The van der Waals surface area contributed by atoms with Gasteiger partial charge in [-0.3, -0.25) is 0 Å². The molecule has 1 unspecified atom stereocenters. The molecule has 0 amide bonds. The lowest BCUT2D eigenvalue weighted by molar-refractivity contribution is -0.0371. The Morgan fingerprint density at radius 3 is 3.00 bits per heavy atom. The molecule has 4 heteroatoms. The summed E-state index contributed by atoms with van der Waals surface area (Å²) in [6.07, 6.45) is 2.87. The van der Waals surface area contributed by atoms with Crippen LogP contribution in [0.25, 0.3) is 0 Å². The fourth-order valence-corrected chi connectivity index (χ4v) is 3.42. The normalized spacial score (nSPS) is 27.0. The Morgan fingerprint density at radius 1 is 1.64 bits per heavy atom. The minimum atomic E-state index is -0.301. The zero-order valence-corrected chi connectivity index (χ0v) is 10.2. The van der Waals surface area contributed by atoms with E-state index in [0.29, 0.717) is 0 Å². The van der Waals surface area contributed by atoms with Crippen LogP contribution in [0.1, 0.15) is 17.7 Å². The van der Waals surface area contributed by atoms with E-state index >= 15 is 0 Å². The summed E-state index contributed by atoms with van der Waals surface area (Å²) in [6, 6.07) is 2.10. The first kappa shape index (κ1) is 10.6. The van der Waals surface area contributed by atoms with E-state index < -0.39 is 0 Å². The molecule has 0 radical (unpaired) electrons. The maximum absolute atomic E-state index is 9.35. The highest BCUT2D eigenvalue weighted by Gasteiger charge is 2.34. The van der Waals surface area contributed by atoms with Crippen LogP contribution in [0.5, 0.6) is 0 Å². The number of aliphatic hydroxyl groups is 1. The smallest absolute Gasteiger partial charge is 0.0960 e. The summed E-state index contributed by atoms with van der Waals surface area (Å²) in [4.78, 5) is 1.27. The van der Waals surface area contributed by atoms with Gasteiger partial charge in [0.05, 0.1) is 12.2 Å². The highest BCUT2D eigenvalue weighted by Crippen LogP contribution is 2.32. The molecule has 1 atom stereocenters. The molecule has 1 N–H and O–H groups in total. The summed E-state index contributed by atoms with van der Waals surface area (Å²) in [5.74, 6) is 0. The third-order valence-corrected chi connectivity index (χ3v) is 4.29. The molecule has 1 aromatic rings. The fraction of sp³-hybridized carbons (Fsp3) is 0.600. The molecule has 2 nitrogen and oxygen atoms in total. The van der Waals surface area contributed by atoms with Crippen molar-refractivity contribution in [2.75, 3.05) is 13.2 Å². The third-order valence-electron chi connectivity index (χ3n) is 2.59. The molecule has 14 heavy (non-hydrogen) atoms. The second-order valence-electron chi connectivity index (χ2n) is 3.70. The molecule has 0 bridgehead atoms. The monoisotopic (exact) mass is 276 g/mol. The zero-order chi connectivity index (χ0) is 10.0. The van der Waals surface area contributed by atoms with Gasteiger partial charge in [-0.2, -0.15) is 0 Å². The van der Waals surface area contributed by atoms with Crippen molar-refractivity contribution in [3.8, 4) is 0 Å². The van der Waals surface area contributed by atoms with Crippen molar-refractivity contribution in [1.29, 1.82) is 0 Å². The van der Waals surface area contributed by atoms with E-state index in [0.717, 1.165) is 30.3 Å². The van der Waals surface area contributed by atoms with Crippen LogP contribution in [-0.2, 0) is 11.2 Å². The van der Waals surface area contributed by atoms with Gasteiger partial charge in [0.1, 0.15) is 0 Å². The molecular formula is C10H13BrO2S. The van der Waals surface area contributed by atoms with Gasteiger partial charge in [-0.05, 0) is 34.8 Å². The topological polar surface area (TPSA) is 29.5 Å². The molecule has 0 saturated carbocycles. The summed E-state index contributed by atoms with van der Waals surface area (Å²) in [5.41, 5.74) is -0.301. The van der Waals surface area contributed by atoms with E-state index in [2.05, 4.69) is 27.4 Å². The van der Waals surface area contributed by atoms with Crippen LogP contribution in [0.2, 0.25) is 0 Å². The highest BCUT2D eigenvalue weighted by atomic mass is 79.9. The molecule has 1 aromatic heterocycles. The Bertz CT molecular complexity index is 305. The average molecular weight is 277 g/mol. The van der Waals surface area contributed by atoms with Gasteiger partial charge in [0, 0.05) is 27.8 Å². The summed E-state index contributed by atoms with van der Waals surface area (Å²) in [7, 11) is 0. The highest BCUT2D eigenvalue weighted by molar-refractivity contribution is 9.10. The number of thiophene rings is 1. The van der Waals surface area contributed by atoms with Crippen LogP contribution in [0.4, 0.5) is 0 Å². The van der Waals surface area contributed by atoms with Gasteiger partial charge in [0.25, 0.3) is 0 Å². The second kappa shape index (κ2) is 4.31. The first-order valence-corrected chi connectivity index (χ1v) is 6.39. The lowest BCUT2D eigenvalue weighted by Crippen LogP contribution is -2.34. The van der Waals surface area contributed by atoms with Crippen LogP contribution in [-0.4, -0.2) is 23.9 Å². The van der Waals surface area contributed by atoms with Crippen molar-refractivity contribution in [2.45, 2.75) is 24.9 Å². The summed E-state index contributed by atoms with van der Waals surface area (Å²) >= 11 is 5.14. The van der Waals surface area contributed by atoms with Gasteiger partial charge in [-0.1, -0.05) is 0 Å². The van der Waals surface area contributed by atoms with Crippen molar-refractivity contribution >= 4 is 27.3 Å². The molecule has 0 spiro atoms. The fourth-order valence-electron chi connectivity index (χ4n) is 1.84. The van der Waals surface area contributed by atoms with Crippen LogP contribution >= 0.6 is 27.3 Å². The Kier molecular flexibility index (Phi) is 3.27. The van der Waals surface area contributed by atoms with Gasteiger partial charge in [-0.15, -0.1) is 11.3 Å². The van der Waals surface area contributed by atoms with Gasteiger partial charge in [0.15, 0.2) is 0 Å². The van der Waals surface area contributed by atoms with E-state index in [1.54, 1.807) is 11.3 Å². The predicted octanol–water partition coefficient (Wildman–Crippen LogP) is 2.59. The van der Waals surface area contributed by atoms with Crippen molar-refractivity contribution in [1.82, 2.24) is 0 Å². The summed E-state index contributed by atoms with van der Waals surface area (Å²) in [6.45, 7) is 0.912. The number of hydrogen-bond acceptors (Lipinski definition) is 3. The van der Waals surface area contributed by atoms with Crippen molar-refractivity contribution in [2.24, 2.45) is 0 Å². The Balaban J connectivity index is 2.08. The Labute approximate surface area is 96.0 Å². The second-order valence-corrected chi connectivity index (χ2v) is 5.61. The minimum absolute atomic E-state index is 0.127. The lowest BCUT2D eigenvalue weighted by atomic mass is 9.96. The van der Waals surface area contributed by atoms with Crippen LogP contribution in [0.15, 0.2) is 15.9 Å². The van der Waals surface area contributed by atoms with Gasteiger partial charge < -0.3 is 9.84 Å². The molecule has 0 aliphatic carbocycles. The van der Waals surface area contributed by atoms with E-state index in [4.69, 9.17) is 4.74 Å². The van der Waals surface area contributed by atoms with Crippen molar-refractivity contribution in [3.05, 3.63) is 20.8 Å². The standard InChI is InChI=1S/C10H13BrO2S/c11-8-4-9(14-6-8)5-10(7-12)2-1-3-13-10/h4,6,12H,1-3,5,7H2. The van der Waals surface area contributed by atoms with Gasteiger partial charge >= 0.3 is 0 Å². The molecule has 1 aliphatic heterocycles. The number of hydrogen-bond donors (Lipinski definition) is 1. The Morgan fingerprint density at radius 2 is 2.50 bits per heavy atom. The van der Waals surface area contributed by atoms with Crippen molar-refractivity contribution in [3.63, 3.8) is 0 Å². The maximum Gasteiger partial charge on any atom is 0.0960 e. The molecular weight excluding hydrogens is 264 g/mol. The van der Waals surface area contributed by atoms with E-state index in [1.165, 1.54) is 4.88 Å². The van der Waals surface area contributed by atoms with Crippen molar-refractivity contribution < 1.29 is 9.84 Å². The first-order chi connectivity index (χ1) is 6.74. The maximum atomic E-state index is 9.35. The number of rotatable bonds is 3. The SMILES string of the molecule is OCC1(Cc2cc(Br)cs2)CCCO1. The largest absolute Gasteiger partial charge is 0.393 e. The summed E-state index contributed by atoms with van der Waals surface area (Å²) < 4.78 is 6.76. The predicted molar refractivity (Wildman–Crippen MR) is 60.7 cm³/mol. The molecule has 1 aliphatic rings. The Hall–Kier alpha value is 0.1000. The zero-order valence-electron chi connectivity index (χ0n) is 7.83. The number of aliphatic hydroxyl groups excluding tert-OH is 1. The van der Waals surface area contributed by atoms with E-state index in [-0.39, 0.29) is 12.2 Å². The molecule has 2 heterocycles. The molecule has 78 valence electrons. The van der Waals surface area contributed by atoms with Crippen LogP contribution in [0.3, 0.4) is 0 Å². The number of halogens is 1. The van der Waals surface area contributed by atoms with Crippen LogP contribution in [0, 0.1) is 0 Å². The van der Waals surface area contributed by atoms with E-state index in [1.807, 2.05) is 0 Å². The first-order valence-electron chi connectivity index (χ1n) is 4.72. The van der Waals surface area contributed by atoms with Gasteiger partial charge in [0.2, 0.25) is 0 Å². The summed E-state index contributed by atoms with van der Waals surface area (Å²) in [5, 5.41) is 11.4. The third kappa shape index (κ3) is 2.19. The van der Waals surface area contributed by atoms with Crippen LogP contribution < -0.4 is 0 Å². The average Bonchev–Trinajstić information content (AvgIpc) is 2.77. The molecule has 1 saturated heterocycles. The van der Waals surface area contributed by atoms with E-state index in [9.17, 15) is 5.11 Å². The minimum Gasteiger partial charge on any atom is -0.393 e. The molecule has 1 fully saturated rings.